The second-order valence-electron chi connectivity index (χ2n) is 7.92. The van der Waals surface area contributed by atoms with Crippen molar-refractivity contribution in [2.45, 2.75) is 50.5 Å². The van der Waals surface area contributed by atoms with E-state index in [9.17, 15) is 9.59 Å². The molecule has 1 saturated carbocycles. The van der Waals surface area contributed by atoms with E-state index >= 15 is 0 Å². The highest BCUT2D eigenvalue weighted by molar-refractivity contribution is 5.97. The van der Waals surface area contributed by atoms with Gasteiger partial charge in [-0.05, 0) is 55.8 Å². The molecule has 1 N–H and O–H groups in total. The molecule has 2 amide bonds. The third-order valence-electron chi connectivity index (χ3n) is 6.24. The monoisotopic (exact) mass is 355 g/mol. The number of nitrogens with zero attached hydrogens (tertiary/aromatic N) is 2. The van der Waals surface area contributed by atoms with Gasteiger partial charge in [0, 0.05) is 31.2 Å². The quantitative estimate of drug-likeness (QED) is 0.906. The zero-order valence-electron chi connectivity index (χ0n) is 15.5. The Kier molecular flexibility index (Phi) is 5.25. The smallest absolute Gasteiger partial charge is 0.254 e. The average molecular weight is 355 g/mol. The summed E-state index contributed by atoms with van der Waals surface area (Å²) in [4.78, 5) is 29.0. The predicted molar refractivity (Wildman–Crippen MR) is 101 cm³/mol. The van der Waals surface area contributed by atoms with Gasteiger partial charge in [-0.25, -0.2) is 0 Å². The first-order valence-corrected chi connectivity index (χ1v) is 10.1. The van der Waals surface area contributed by atoms with Gasteiger partial charge in [-0.2, -0.15) is 0 Å². The van der Waals surface area contributed by atoms with E-state index in [0.29, 0.717) is 30.6 Å². The summed E-state index contributed by atoms with van der Waals surface area (Å²) in [6, 6.07) is 8.44. The molecule has 26 heavy (non-hydrogen) atoms. The molecule has 1 aromatic carbocycles. The van der Waals surface area contributed by atoms with E-state index in [-0.39, 0.29) is 18.4 Å². The van der Waals surface area contributed by atoms with Crippen LogP contribution in [0.5, 0.6) is 0 Å². The maximum atomic E-state index is 12.8. The van der Waals surface area contributed by atoms with E-state index in [1.807, 2.05) is 17.0 Å². The molecule has 4 rings (SSSR count). The Hall–Kier alpha value is -1.88. The van der Waals surface area contributed by atoms with Gasteiger partial charge < -0.3 is 15.1 Å². The molecule has 5 heteroatoms. The predicted octanol–water partition coefficient (Wildman–Crippen LogP) is 2.38. The summed E-state index contributed by atoms with van der Waals surface area (Å²) < 4.78 is 0. The van der Waals surface area contributed by atoms with Crippen molar-refractivity contribution < 1.29 is 9.59 Å². The molecule has 1 aliphatic carbocycles. The molecule has 2 aliphatic heterocycles. The van der Waals surface area contributed by atoms with Crippen molar-refractivity contribution >= 4 is 11.8 Å². The van der Waals surface area contributed by atoms with Gasteiger partial charge in [-0.1, -0.05) is 25.0 Å². The third kappa shape index (κ3) is 3.63. The molecule has 140 valence electrons. The van der Waals surface area contributed by atoms with Crippen molar-refractivity contribution in [2.75, 3.05) is 32.7 Å². The average Bonchev–Trinajstić information content (AvgIpc) is 3.22. The molecule has 5 nitrogen and oxygen atoms in total. The van der Waals surface area contributed by atoms with Gasteiger partial charge in [0.1, 0.15) is 6.54 Å². The largest absolute Gasteiger partial charge is 0.336 e. The van der Waals surface area contributed by atoms with E-state index in [1.165, 1.54) is 31.2 Å². The normalized spacial score (nSPS) is 24.9. The van der Waals surface area contributed by atoms with Crippen LogP contribution in [-0.4, -0.2) is 60.4 Å². The summed E-state index contributed by atoms with van der Waals surface area (Å²) in [5.74, 6) is 0.642. The maximum absolute atomic E-state index is 12.8. The van der Waals surface area contributed by atoms with Crippen LogP contribution in [0.2, 0.25) is 0 Å². The Bertz CT molecular complexity index is 646. The number of carbonyl (C=O) groups is 2. The highest BCUT2D eigenvalue weighted by Gasteiger charge is 2.33. The number of carbonyl (C=O) groups excluding carboxylic acids is 2. The lowest BCUT2D eigenvalue weighted by Crippen LogP contribution is -2.54. The second kappa shape index (κ2) is 7.78. The molecule has 0 radical (unpaired) electrons. The number of piperidine rings is 1. The Morgan fingerprint density at radius 3 is 2.42 bits per heavy atom. The van der Waals surface area contributed by atoms with Crippen LogP contribution < -0.4 is 5.32 Å². The fourth-order valence-corrected chi connectivity index (χ4v) is 4.68. The maximum Gasteiger partial charge on any atom is 0.254 e. The number of nitrogens with one attached hydrogen (secondary N) is 1. The van der Waals surface area contributed by atoms with Crippen LogP contribution in [0, 0.1) is 0 Å². The molecular formula is C21H29N3O2. The van der Waals surface area contributed by atoms with Gasteiger partial charge in [0.25, 0.3) is 5.91 Å². The highest BCUT2D eigenvalue weighted by atomic mass is 16.2. The first kappa shape index (κ1) is 17.5. The molecule has 1 unspecified atom stereocenters. The minimum absolute atomic E-state index is 0.0160. The molecular weight excluding hydrogens is 326 g/mol. The SMILES string of the molecule is O=C(c1ccc(C2CCCNC2)cc1)N1CCN(C2CCCC2)C(=O)C1. The lowest BCUT2D eigenvalue weighted by Gasteiger charge is -2.37. The molecule has 0 spiro atoms. The van der Waals surface area contributed by atoms with Crippen LogP contribution in [0.1, 0.15) is 60.4 Å². The Morgan fingerprint density at radius 2 is 1.77 bits per heavy atom. The Balaban J connectivity index is 1.37. The minimum Gasteiger partial charge on any atom is -0.336 e. The molecule has 2 saturated heterocycles. The van der Waals surface area contributed by atoms with Crippen LogP contribution in [0.4, 0.5) is 0 Å². The first-order valence-electron chi connectivity index (χ1n) is 10.1. The summed E-state index contributed by atoms with van der Waals surface area (Å²) >= 11 is 0. The van der Waals surface area contributed by atoms with Gasteiger partial charge in [0.2, 0.25) is 5.91 Å². The molecule has 2 heterocycles. The van der Waals surface area contributed by atoms with Crippen LogP contribution >= 0.6 is 0 Å². The van der Waals surface area contributed by atoms with E-state index < -0.39 is 0 Å². The van der Waals surface area contributed by atoms with Gasteiger partial charge in [-0.15, -0.1) is 0 Å². The van der Waals surface area contributed by atoms with Crippen molar-refractivity contribution in [2.24, 2.45) is 0 Å². The minimum atomic E-state index is -0.0160. The molecule has 1 aromatic rings. The topological polar surface area (TPSA) is 52.7 Å². The van der Waals surface area contributed by atoms with Gasteiger partial charge in [0.15, 0.2) is 0 Å². The summed E-state index contributed by atoms with van der Waals surface area (Å²) in [5.41, 5.74) is 2.00. The summed E-state index contributed by atoms with van der Waals surface area (Å²) in [6.45, 7) is 3.68. The summed E-state index contributed by atoms with van der Waals surface area (Å²) in [5, 5.41) is 3.44. The van der Waals surface area contributed by atoms with Gasteiger partial charge >= 0.3 is 0 Å². The molecule has 0 aromatic heterocycles. The zero-order chi connectivity index (χ0) is 17.9. The van der Waals surface area contributed by atoms with Crippen molar-refractivity contribution in [3.8, 4) is 0 Å². The lowest BCUT2D eigenvalue weighted by molar-refractivity contribution is -0.137. The van der Waals surface area contributed by atoms with Gasteiger partial charge in [-0.3, -0.25) is 9.59 Å². The van der Waals surface area contributed by atoms with Crippen molar-refractivity contribution in [1.82, 2.24) is 15.1 Å². The fraction of sp³-hybridized carbons (Fsp3) is 0.619. The molecule has 3 fully saturated rings. The second-order valence-corrected chi connectivity index (χ2v) is 7.92. The summed E-state index contributed by atoms with van der Waals surface area (Å²) in [7, 11) is 0. The van der Waals surface area contributed by atoms with E-state index in [0.717, 1.165) is 25.9 Å². The Morgan fingerprint density at radius 1 is 1.00 bits per heavy atom. The van der Waals surface area contributed by atoms with Crippen LogP contribution in [0.3, 0.4) is 0 Å². The standard InChI is InChI=1S/C21H29N3O2/c25-20-15-23(12-13-24(20)19-5-1-2-6-19)21(26)17-9-7-16(8-10-17)18-4-3-11-22-14-18/h7-10,18-19,22H,1-6,11-15H2. The number of hydrogen-bond acceptors (Lipinski definition) is 3. The van der Waals surface area contributed by atoms with Crippen molar-refractivity contribution in [3.63, 3.8) is 0 Å². The number of benzene rings is 1. The highest BCUT2D eigenvalue weighted by Crippen LogP contribution is 2.26. The zero-order valence-corrected chi connectivity index (χ0v) is 15.5. The van der Waals surface area contributed by atoms with Gasteiger partial charge in [0.05, 0.1) is 0 Å². The number of piperazine rings is 1. The Labute approximate surface area is 155 Å². The van der Waals surface area contributed by atoms with Crippen LogP contribution in [0.15, 0.2) is 24.3 Å². The lowest BCUT2D eigenvalue weighted by atomic mass is 9.91. The number of rotatable bonds is 3. The number of amides is 2. The first-order chi connectivity index (χ1) is 12.7. The third-order valence-corrected chi connectivity index (χ3v) is 6.24. The summed E-state index contributed by atoms with van der Waals surface area (Å²) in [6.07, 6.45) is 7.10. The van der Waals surface area contributed by atoms with E-state index in [2.05, 4.69) is 17.4 Å². The van der Waals surface area contributed by atoms with Crippen LogP contribution in [-0.2, 0) is 4.79 Å². The van der Waals surface area contributed by atoms with Crippen molar-refractivity contribution in [3.05, 3.63) is 35.4 Å². The molecule has 0 bridgehead atoms. The van der Waals surface area contributed by atoms with E-state index in [4.69, 9.17) is 0 Å². The fourth-order valence-electron chi connectivity index (χ4n) is 4.68. The molecule has 3 aliphatic rings. The van der Waals surface area contributed by atoms with Crippen molar-refractivity contribution in [1.29, 1.82) is 0 Å². The molecule has 1 atom stereocenters. The number of hydrogen-bond donors (Lipinski definition) is 1. The van der Waals surface area contributed by atoms with Crippen LogP contribution in [0.25, 0.3) is 0 Å². The van der Waals surface area contributed by atoms with E-state index in [1.54, 1.807) is 4.90 Å².